The van der Waals surface area contributed by atoms with Gasteiger partial charge in [-0.3, -0.25) is 4.79 Å². The van der Waals surface area contributed by atoms with Crippen LogP contribution in [0.2, 0.25) is 0 Å². The molecule has 3 rings (SSSR count). The molecule has 7 heteroatoms. The Kier molecular flexibility index (Phi) is 3.49. The molecule has 2 fully saturated rings. The van der Waals surface area contributed by atoms with Crippen molar-refractivity contribution in [3.63, 3.8) is 0 Å². The summed E-state index contributed by atoms with van der Waals surface area (Å²) in [6.07, 6.45) is 5.12. The van der Waals surface area contributed by atoms with Crippen LogP contribution in [0.4, 0.5) is 0 Å². The molecule has 2 aliphatic rings. The minimum atomic E-state index is -0.825. The van der Waals surface area contributed by atoms with E-state index in [0.717, 1.165) is 23.8 Å². The first-order valence-electron chi connectivity index (χ1n) is 6.75. The zero-order valence-corrected chi connectivity index (χ0v) is 11.5. The largest absolute Gasteiger partial charge is 0.480 e. The van der Waals surface area contributed by atoms with Crippen LogP contribution in [0.5, 0.6) is 0 Å². The third-order valence-electron chi connectivity index (χ3n) is 3.50. The Labute approximate surface area is 115 Å². The van der Waals surface area contributed by atoms with E-state index in [0.29, 0.717) is 24.9 Å². The highest BCUT2D eigenvalue weighted by atomic mass is 32.2. The third-order valence-corrected chi connectivity index (χ3v) is 4.71. The molecular weight excluding hydrogens is 264 g/mol. The predicted molar refractivity (Wildman–Crippen MR) is 71.2 cm³/mol. The first kappa shape index (κ1) is 12.9. The van der Waals surface area contributed by atoms with Gasteiger partial charge in [-0.25, -0.2) is 0 Å². The van der Waals surface area contributed by atoms with Gasteiger partial charge in [0.25, 0.3) is 0 Å². The molecule has 0 aliphatic heterocycles. The number of carboxylic acids is 1. The van der Waals surface area contributed by atoms with Crippen molar-refractivity contribution in [3.8, 4) is 0 Å². The third kappa shape index (κ3) is 2.76. The topological polar surface area (TPSA) is 94.0 Å². The zero-order chi connectivity index (χ0) is 13.4. The molecule has 1 aromatic rings. The van der Waals surface area contributed by atoms with E-state index in [2.05, 4.69) is 14.8 Å². The molecule has 1 unspecified atom stereocenters. The van der Waals surface area contributed by atoms with E-state index in [9.17, 15) is 9.90 Å². The summed E-state index contributed by atoms with van der Waals surface area (Å²) in [7, 11) is 0. The van der Waals surface area contributed by atoms with E-state index >= 15 is 0 Å². The van der Waals surface area contributed by atoms with Crippen LogP contribution in [0.3, 0.4) is 0 Å². The second kappa shape index (κ2) is 5.13. The molecule has 0 bridgehead atoms. The molecule has 3 N–H and O–H groups in total. The highest BCUT2D eigenvalue weighted by Gasteiger charge is 2.37. The smallest absolute Gasteiger partial charge is 0.317 e. The molecule has 19 heavy (non-hydrogen) atoms. The molecule has 0 amide bonds. The van der Waals surface area contributed by atoms with Crippen molar-refractivity contribution < 1.29 is 9.90 Å². The first-order chi connectivity index (χ1) is 9.20. The Morgan fingerprint density at radius 3 is 2.68 bits per heavy atom. The molecular formula is C12H18N4O2S. The normalized spacial score (nSPS) is 20.5. The van der Waals surface area contributed by atoms with Crippen molar-refractivity contribution in [1.82, 2.24) is 14.8 Å². The van der Waals surface area contributed by atoms with E-state index < -0.39 is 11.2 Å². The van der Waals surface area contributed by atoms with Crippen molar-refractivity contribution in [2.75, 3.05) is 6.54 Å². The monoisotopic (exact) mass is 282 g/mol. The highest BCUT2D eigenvalue weighted by molar-refractivity contribution is 8.00. The number of carboxylic acid groups (broad SMARTS) is 1. The van der Waals surface area contributed by atoms with Gasteiger partial charge in [-0.2, -0.15) is 0 Å². The second-order valence-electron chi connectivity index (χ2n) is 5.24. The summed E-state index contributed by atoms with van der Waals surface area (Å²) in [5.41, 5.74) is 5.47. The van der Waals surface area contributed by atoms with Crippen LogP contribution >= 0.6 is 11.8 Å². The Balaban J connectivity index is 1.81. The van der Waals surface area contributed by atoms with Gasteiger partial charge in [0.2, 0.25) is 0 Å². The summed E-state index contributed by atoms with van der Waals surface area (Å²) in [5.74, 6) is 0.774. The van der Waals surface area contributed by atoms with E-state index in [1.807, 2.05) is 0 Å². The molecule has 6 nitrogen and oxygen atoms in total. The number of aromatic nitrogens is 3. The standard InChI is InChI=1S/C12H18N4O2S/c13-6-5-9(11(17)18)19-12-15-14-10(7-1-2-7)16(12)8-3-4-8/h7-9H,1-6,13H2,(H,17,18). The number of aliphatic carboxylic acids is 1. The second-order valence-corrected chi connectivity index (χ2v) is 6.41. The van der Waals surface area contributed by atoms with Crippen LogP contribution in [0.1, 0.15) is 49.9 Å². The molecule has 2 saturated carbocycles. The van der Waals surface area contributed by atoms with Crippen molar-refractivity contribution >= 4 is 17.7 Å². The molecule has 0 radical (unpaired) electrons. The molecule has 1 aromatic heterocycles. The fraction of sp³-hybridized carbons (Fsp3) is 0.750. The number of carbonyl (C=O) groups is 1. The van der Waals surface area contributed by atoms with Gasteiger partial charge in [0.1, 0.15) is 11.1 Å². The number of nitrogens with zero attached hydrogens (tertiary/aromatic N) is 3. The number of thioether (sulfide) groups is 1. The lowest BCUT2D eigenvalue weighted by Crippen LogP contribution is -2.21. The summed E-state index contributed by atoms with van der Waals surface area (Å²) < 4.78 is 2.18. The summed E-state index contributed by atoms with van der Waals surface area (Å²) in [6.45, 7) is 0.372. The van der Waals surface area contributed by atoms with Gasteiger partial charge in [-0.15, -0.1) is 10.2 Å². The van der Waals surface area contributed by atoms with Crippen molar-refractivity contribution in [2.24, 2.45) is 5.73 Å². The maximum absolute atomic E-state index is 11.2. The van der Waals surface area contributed by atoms with E-state index in [-0.39, 0.29) is 0 Å². The Morgan fingerprint density at radius 1 is 1.42 bits per heavy atom. The molecule has 1 atom stereocenters. The lowest BCUT2D eigenvalue weighted by Gasteiger charge is -2.12. The van der Waals surface area contributed by atoms with Crippen LogP contribution in [0, 0.1) is 0 Å². The van der Waals surface area contributed by atoms with Crippen LogP contribution in [0.15, 0.2) is 5.16 Å². The highest BCUT2D eigenvalue weighted by Crippen LogP contribution is 2.46. The summed E-state index contributed by atoms with van der Waals surface area (Å²) in [6, 6.07) is 0.487. The Morgan fingerprint density at radius 2 is 2.16 bits per heavy atom. The summed E-state index contributed by atoms with van der Waals surface area (Å²) in [5, 5.41) is 17.9. The van der Waals surface area contributed by atoms with E-state index in [4.69, 9.17) is 5.73 Å². The average molecular weight is 282 g/mol. The minimum absolute atomic E-state index is 0.372. The molecule has 0 aromatic carbocycles. The number of nitrogens with two attached hydrogens (primary N) is 1. The average Bonchev–Trinajstić information content (AvgIpc) is 3.28. The quantitative estimate of drug-likeness (QED) is 0.734. The van der Waals surface area contributed by atoms with E-state index in [1.54, 1.807) is 0 Å². The fourth-order valence-corrected chi connectivity index (χ4v) is 3.23. The predicted octanol–water partition coefficient (Wildman–Crippen LogP) is 1.38. The zero-order valence-electron chi connectivity index (χ0n) is 10.7. The number of rotatable bonds is 7. The molecule has 2 aliphatic carbocycles. The van der Waals surface area contributed by atoms with Gasteiger partial charge in [0.05, 0.1) is 0 Å². The fourth-order valence-electron chi connectivity index (χ4n) is 2.18. The molecule has 0 spiro atoms. The van der Waals surface area contributed by atoms with Crippen molar-refractivity contribution in [3.05, 3.63) is 5.82 Å². The first-order valence-corrected chi connectivity index (χ1v) is 7.63. The van der Waals surface area contributed by atoms with Crippen molar-refractivity contribution in [2.45, 2.75) is 54.5 Å². The Hall–Kier alpha value is -1.08. The van der Waals surface area contributed by atoms with Crippen LogP contribution < -0.4 is 5.73 Å². The lowest BCUT2D eigenvalue weighted by molar-refractivity contribution is -0.136. The van der Waals surface area contributed by atoms with Gasteiger partial charge < -0.3 is 15.4 Å². The van der Waals surface area contributed by atoms with Gasteiger partial charge in [0, 0.05) is 12.0 Å². The maximum atomic E-state index is 11.2. The van der Waals surface area contributed by atoms with Crippen LogP contribution in [-0.2, 0) is 4.79 Å². The molecule has 104 valence electrons. The van der Waals surface area contributed by atoms with Gasteiger partial charge in [-0.05, 0) is 38.6 Å². The summed E-state index contributed by atoms with van der Waals surface area (Å²) in [4.78, 5) is 11.2. The molecule has 0 saturated heterocycles. The SMILES string of the molecule is NCCC(Sc1nnc(C2CC2)n1C1CC1)C(=O)O. The summed E-state index contributed by atoms with van der Waals surface area (Å²) >= 11 is 1.29. The maximum Gasteiger partial charge on any atom is 0.317 e. The van der Waals surface area contributed by atoms with Gasteiger partial charge in [0.15, 0.2) is 5.16 Å². The van der Waals surface area contributed by atoms with E-state index in [1.165, 1.54) is 24.6 Å². The molecule has 1 heterocycles. The van der Waals surface area contributed by atoms with Gasteiger partial charge in [-0.1, -0.05) is 11.8 Å². The number of hydrogen-bond donors (Lipinski definition) is 2. The lowest BCUT2D eigenvalue weighted by atomic mass is 10.3. The number of hydrogen-bond acceptors (Lipinski definition) is 5. The van der Waals surface area contributed by atoms with Gasteiger partial charge >= 0.3 is 5.97 Å². The van der Waals surface area contributed by atoms with Crippen molar-refractivity contribution in [1.29, 1.82) is 0 Å². The minimum Gasteiger partial charge on any atom is -0.480 e. The van der Waals surface area contributed by atoms with Crippen LogP contribution in [0.25, 0.3) is 0 Å². The Bertz CT molecular complexity index is 482. The van der Waals surface area contributed by atoms with Crippen LogP contribution in [-0.4, -0.2) is 37.6 Å².